The zero-order chi connectivity index (χ0) is 13.0. The molecule has 0 spiro atoms. The van der Waals surface area contributed by atoms with Crippen LogP contribution in [-0.4, -0.2) is 12.0 Å². The lowest BCUT2D eigenvalue weighted by Gasteiger charge is -2.09. The minimum atomic E-state index is 0.440. The molecule has 1 heterocycles. The number of hydrogen-bond donors (Lipinski definition) is 1. The Morgan fingerprint density at radius 3 is 2.78 bits per heavy atom. The second-order valence-electron chi connectivity index (χ2n) is 3.63. The second-order valence-corrected chi connectivity index (χ2v) is 5.40. The van der Waals surface area contributed by atoms with Crippen molar-refractivity contribution >= 4 is 37.7 Å². The van der Waals surface area contributed by atoms with Crippen molar-refractivity contribution in [2.45, 2.75) is 6.61 Å². The maximum Gasteiger partial charge on any atom is 0.134 e. The summed E-state index contributed by atoms with van der Waals surface area (Å²) >= 11 is 6.87. The van der Waals surface area contributed by atoms with E-state index < -0.39 is 0 Å². The Morgan fingerprint density at radius 1 is 1.22 bits per heavy atom. The minimum Gasteiger partial charge on any atom is -0.486 e. The molecule has 0 unspecified atom stereocenters. The summed E-state index contributed by atoms with van der Waals surface area (Å²) in [6.07, 6.45) is 0. The summed E-state index contributed by atoms with van der Waals surface area (Å²) in [6.45, 7) is 0.440. The van der Waals surface area contributed by atoms with Gasteiger partial charge in [-0.2, -0.15) is 0 Å². The Bertz CT molecular complexity index is 546. The van der Waals surface area contributed by atoms with E-state index >= 15 is 0 Å². The fourth-order valence-corrected chi connectivity index (χ4v) is 2.60. The van der Waals surface area contributed by atoms with Crippen LogP contribution in [0.5, 0.6) is 5.75 Å². The van der Waals surface area contributed by atoms with Gasteiger partial charge in [0.1, 0.15) is 18.2 Å². The molecule has 0 radical (unpaired) electrons. The number of aromatic nitrogens is 1. The molecule has 1 aromatic carbocycles. The van der Waals surface area contributed by atoms with Crippen LogP contribution in [0.3, 0.4) is 0 Å². The summed E-state index contributed by atoms with van der Waals surface area (Å²) in [6, 6.07) is 11.6. The smallest absolute Gasteiger partial charge is 0.134 e. The first-order chi connectivity index (χ1) is 8.69. The third kappa shape index (κ3) is 3.46. The molecule has 2 aromatic rings. The van der Waals surface area contributed by atoms with Gasteiger partial charge >= 0.3 is 0 Å². The van der Waals surface area contributed by atoms with Crippen molar-refractivity contribution < 1.29 is 4.74 Å². The molecule has 0 aliphatic carbocycles. The SMILES string of the molecule is CNc1cccc(COc2ccc(Br)cc2Br)n1. The molecular formula is C13H12Br2N2O. The van der Waals surface area contributed by atoms with Crippen LogP contribution in [0.25, 0.3) is 0 Å². The molecule has 1 N–H and O–H groups in total. The maximum absolute atomic E-state index is 5.72. The van der Waals surface area contributed by atoms with E-state index in [1.165, 1.54) is 0 Å². The fourth-order valence-electron chi connectivity index (χ4n) is 1.44. The maximum atomic E-state index is 5.72. The van der Waals surface area contributed by atoms with Crippen molar-refractivity contribution in [1.29, 1.82) is 0 Å². The molecule has 94 valence electrons. The number of nitrogens with one attached hydrogen (secondary N) is 1. The van der Waals surface area contributed by atoms with E-state index in [1.807, 2.05) is 43.4 Å². The first-order valence-corrected chi connectivity index (χ1v) is 6.99. The van der Waals surface area contributed by atoms with E-state index in [9.17, 15) is 0 Å². The van der Waals surface area contributed by atoms with E-state index in [0.717, 1.165) is 26.2 Å². The van der Waals surface area contributed by atoms with Crippen LogP contribution in [0.4, 0.5) is 5.82 Å². The van der Waals surface area contributed by atoms with Crippen LogP contribution < -0.4 is 10.1 Å². The summed E-state index contributed by atoms with van der Waals surface area (Å²) in [7, 11) is 1.85. The van der Waals surface area contributed by atoms with Crippen LogP contribution in [0.1, 0.15) is 5.69 Å². The van der Waals surface area contributed by atoms with Crippen molar-refractivity contribution in [1.82, 2.24) is 4.98 Å². The van der Waals surface area contributed by atoms with Gasteiger partial charge in [-0.25, -0.2) is 4.98 Å². The Kier molecular flexibility index (Phi) is 4.60. The monoisotopic (exact) mass is 370 g/mol. The van der Waals surface area contributed by atoms with Gasteiger partial charge in [0.05, 0.1) is 10.2 Å². The largest absolute Gasteiger partial charge is 0.486 e. The zero-order valence-corrected chi connectivity index (χ0v) is 13.0. The van der Waals surface area contributed by atoms with E-state index in [0.29, 0.717) is 6.61 Å². The number of benzene rings is 1. The highest BCUT2D eigenvalue weighted by atomic mass is 79.9. The van der Waals surface area contributed by atoms with Crippen LogP contribution in [0, 0.1) is 0 Å². The average Bonchev–Trinajstić information content (AvgIpc) is 2.38. The van der Waals surface area contributed by atoms with Crippen LogP contribution in [0.15, 0.2) is 45.3 Å². The molecule has 0 aliphatic rings. The highest BCUT2D eigenvalue weighted by molar-refractivity contribution is 9.11. The quantitative estimate of drug-likeness (QED) is 0.873. The van der Waals surface area contributed by atoms with E-state index in [-0.39, 0.29) is 0 Å². The first-order valence-electron chi connectivity index (χ1n) is 5.40. The molecule has 18 heavy (non-hydrogen) atoms. The Balaban J connectivity index is 2.06. The molecule has 5 heteroatoms. The van der Waals surface area contributed by atoms with E-state index in [2.05, 4.69) is 42.2 Å². The normalized spacial score (nSPS) is 10.2. The summed E-state index contributed by atoms with van der Waals surface area (Å²) in [5.74, 6) is 1.64. The van der Waals surface area contributed by atoms with Crippen molar-refractivity contribution in [3.8, 4) is 5.75 Å². The van der Waals surface area contributed by atoms with Crippen LogP contribution >= 0.6 is 31.9 Å². The Hall–Kier alpha value is -1.07. The minimum absolute atomic E-state index is 0.440. The lowest BCUT2D eigenvalue weighted by atomic mass is 10.3. The molecule has 3 nitrogen and oxygen atoms in total. The average molecular weight is 372 g/mol. The predicted molar refractivity (Wildman–Crippen MR) is 80.0 cm³/mol. The number of nitrogens with zero attached hydrogens (tertiary/aromatic N) is 1. The van der Waals surface area contributed by atoms with Gasteiger partial charge in [0.25, 0.3) is 0 Å². The summed E-state index contributed by atoms with van der Waals surface area (Å²) in [4.78, 5) is 4.39. The fraction of sp³-hybridized carbons (Fsp3) is 0.154. The lowest BCUT2D eigenvalue weighted by Crippen LogP contribution is -2.01. The number of pyridine rings is 1. The third-order valence-corrected chi connectivity index (χ3v) is 3.45. The van der Waals surface area contributed by atoms with Gasteiger partial charge in [-0.05, 0) is 46.3 Å². The van der Waals surface area contributed by atoms with E-state index in [1.54, 1.807) is 0 Å². The van der Waals surface area contributed by atoms with Crippen molar-refractivity contribution in [3.63, 3.8) is 0 Å². The van der Waals surface area contributed by atoms with Crippen LogP contribution in [0.2, 0.25) is 0 Å². The third-order valence-electron chi connectivity index (χ3n) is 2.33. The molecule has 0 fully saturated rings. The molecule has 0 atom stereocenters. The number of ether oxygens (including phenoxy) is 1. The first kappa shape index (κ1) is 13.4. The van der Waals surface area contributed by atoms with Gasteiger partial charge in [-0.3, -0.25) is 0 Å². The standard InChI is InChI=1S/C13H12Br2N2O/c1-16-13-4-2-3-10(17-13)8-18-12-6-5-9(14)7-11(12)15/h2-7H,8H2,1H3,(H,16,17). The van der Waals surface area contributed by atoms with Gasteiger partial charge in [-0.1, -0.05) is 22.0 Å². The molecule has 0 aliphatic heterocycles. The molecular weight excluding hydrogens is 360 g/mol. The highest BCUT2D eigenvalue weighted by Gasteiger charge is 2.03. The summed E-state index contributed by atoms with van der Waals surface area (Å²) in [5, 5.41) is 3.00. The topological polar surface area (TPSA) is 34.1 Å². The second kappa shape index (κ2) is 6.20. The van der Waals surface area contributed by atoms with Gasteiger partial charge in [0.15, 0.2) is 0 Å². The molecule has 0 amide bonds. The Labute approximate surface area is 123 Å². The zero-order valence-electron chi connectivity index (χ0n) is 9.78. The Morgan fingerprint density at radius 2 is 2.06 bits per heavy atom. The van der Waals surface area contributed by atoms with Crippen molar-refractivity contribution in [2.24, 2.45) is 0 Å². The molecule has 0 saturated carbocycles. The van der Waals surface area contributed by atoms with Gasteiger partial charge in [-0.15, -0.1) is 0 Å². The van der Waals surface area contributed by atoms with Crippen molar-refractivity contribution in [2.75, 3.05) is 12.4 Å². The molecule has 2 rings (SSSR count). The predicted octanol–water partition coefficient (Wildman–Crippen LogP) is 4.23. The van der Waals surface area contributed by atoms with Gasteiger partial charge < -0.3 is 10.1 Å². The number of halogens is 2. The van der Waals surface area contributed by atoms with Gasteiger partial charge in [0.2, 0.25) is 0 Å². The summed E-state index contributed by atoms with van der Waals surface area (Å²) in [5.41, 5.74) is 0.886. The molecule has 0 bridgehead atoms. The van der Waals surface area contributed by atoms with E-state index in [4.69, 9.17) is 4.74 Å². The molecule has 0 saturated heterocycles. The van der Waals surface area contributed by atoms with Crippen LogP contribution in [-0.2, 0) is 6.61 Å². The van der Waals surface area contributed by atoms with Gasteiger partial charge in [0, 0.05) is 11.5 Å². The number of rotatable bonds is 4. The molecule has 1 aromatic heterocycles. The van der Waals surface area contributed by atoms with Crippen molar-refractivity contribution in [3.05, 3.63) is 51.0 Å². The number of hydrogen-bond acceptors (Lipinski definition) is 3. The highest BCUT2D eigenvalue weighted by Crippen LogP contribution is 2.28. The summed E-state index contributed by atoms with van der Waals surface area (Å²) < 4.78 is 7.65. The lowest BCUT2D eigenvalue weighted by molar-refractivity contribution is 0.299. The number of anilines is 1.